The maximum atomic E-state index is 12.9. The first-order valence-electron chi connectivity index (χ1n) is 8.55. The fourth-order valence-corrected chi connectivity index (χ4v) is 4.62. The predicted octanol–water partition coefficient (Wildman–Crippen LogP) is 0.988. The van der Waals surface area contributed by atoms with Crippen molar-refractivity contribution < 1.29 is 22.7 Å². The summed E-state index contributed by atoms with van der Waals surface area (Å²) in [5.74, 6) is -0.688. The van der Waals surface area contributed by atoms with Gasteiger partial charge in [0.1, 0.15) is 6.07 Å². The Morgan fingerprint density at radius 2 is 1.88 bits per heavy atom. The van der Waals surface area contributed by atoms with E-state index >= 15 is 0 Å². The molecule has 0 radical (unpaired) electrons. The van der Waals surface area contributed by atoms with E-state index in [1.54, 1.807) is 12.1 Å². The number of anilines is 1. The minimum absolute atomic E-state index is 0.0475. The first-order chi connectivity index (χ1) is 12.5. The van der Waals surface area contributed by atoms with E-state index in [9.17, 15) is 13.2 Å². The third-order valence-corrected chi connectivity index (χ3v) is 6.40. The van der Waals surface area contributed by atoms with E-state index in [1.807, 2.05) is 4.90 Å². The summed E-state index contributed by atoms with van der Waals surface area (Å²) in [6.45, 7) is 2.49. The summed E-state index contributed by atoms with van der Waals surface area (Å²) in [6.07, 6.45) is 2.03. The van der Waals surface area contributed by atoms with E-state index in [0.717, 1.165) is 25.9 Å². The Balaban J connectivity index is 1.97. The summed E-state index contributed by atoms with van der Waals surface area (Å²) in [6, 6.07) is 6.30. The summed E-state index contributed by atoms with van der Waals surface area (Å²) < 4.78 is 37.2. The summed E-state index contributed by atoms with van der Waals surface area (Å²) in [4.78, 5) is 14.5. The molecule has 9 heteroatoms. The van der Waals surface area contributed by atoms with Crippen molar-refractivity contribution in [3.05, 3.63) is 23.8 Å². The molecule has 2 aliphatic rings. The molecular weight excluding hydrogens is 358 g/mol. The average molecular weight is 379 g/mol. The molecule has 0 aromatic heterocycles. The number of carbonyl (C=O) groups is 1. The maximum absolute atomic E-state index is 12.9. The molecule has 2 heterocycles. The van der Waals surface area contributed by atoms with Crippen LogP contribution in [0.4, 0.5) is 5.69 Å². The van der Waals surface area contributed by atoms with Crippen molar-refractivity contribution in [1.29, 1.82) is 5.26 Å². The Labute approximate surface area is 152 Å². The number of benzene rings is 1. The summed E-state index contributed by atoms with van der Waals surface area (Å²) in [5.41, 5.74) is 0.822. The lowest BCUT2D eigenvalue weighted by Gasteiger charge is -2.27. The van der Waals surface area contributed by atoms with Crippen LogP contribution in [-0.2, 0) is 19.5 Å². The number of morpholine rings is 1. The second kappa shape index (κ2) is 8.03. The largest absolute Gasteiger partial charge is 0.447 e. The van der Waals surface area contributed by atoms with E-state index in [4.69, 9.17) is 14.7 Å². The topological polar surface area (TPSA) is 99.9 Å². The van der Waals surface area contributed by atoms with Crippen molar-refractivity contribution in [2.45, 2.75) is 17.7 Å². The quantitative estimate of drug-likeness (QED) is 0.703. The molecule has 8 nitrogen and oxygen atoms in total. The molecule has 2 aliphatic heterocycles. The van der Waals surface area contributed by atoms with Gasteiger partial charge in [0.25, 0.3) is 0 Å². The smallest absolute Gasteiger partial charge is 0.341 e. The summed E-state index contributed by atoms with van der Waals surface area (Å²) in [7, 11) is -3.72. The SMILES string of the molecule is N#CCOC(=O)c1cc(S(=O)(=O)N2CCOCC2)ccc1N1CCCC1. The molecule has 0 saturated carbocycles. The molecule has 1 aromatic carbocycles. The Hall–Kier alpha value is -2.15. The molecule has 0 unspecified atom stereocenters. The molecule has 2 fully saturated rings. The number of hydrogen-bond donors (Lipinski definition) is 0. The van der Waals surface area contributed by atoms with Crippen LogP contribution >= 0.6 is 0 Å². The van der Waals surface area contributed by atoms with Crippen LogP contribution in [0.15, 0.2) is 23.1 Å². The summed E-state index contributed by atoms with van der Waals surface area (Å²) >= 11 is 0. The van der Waals surface area contributed by atoms with Gasteiger partial charge in [-0.15, -0.1) is 0 Å². The summed E-state index contributed by atoms with van der Waals surface area (Å²) in [5, 5.41) is 8.64. The van der Waals surface area contributed by atoms with Crippen LogP contribution < -0.4 is 4.90 Å². The van der Waals surface area contributed by atoms with E-state index < -0.39 is 16.0 Å². The fraction of sp³-hybridized carbons (Fsp3) is 0.529. The Bertz CT molecular complexity index is 806. The van der Waals surface area contributed by atoms with Crippen LogP contribution in [0.2, 0.25) is 0 Å². The van der Waals surface area contributed by atoms with Gasteiger partial charge in [-0.2, -0.15) is 9.57 Å². The predicted molar refractivity (Wildman–Crippen MR) is 93.4 cm³/mol. The number of ether oxygens (including phenoxy) is 2. The molecule has 3 rings (SSSR count). The van der Waals surface area contributed by atoms with Crippen LogP contribution in [0.25, 0.3) is 0 Å². The van der Waals surface area contributed by atoms with Crippen molar-refractivity contribution in [3.8, 4) is 6.07 Å². The molecule has 0 aliphatic carbocycles. The average Bonchev–Trinajstić information content (AvgIpc) is 3.21. The highest BCUT2D eigenvalue weighted by Gasteiger charge is 2.29. The Morgan fingerprint density at radius 3 is 2.54 bits per heavy atom. The van der Waals surface area contributed by atoms with E-state index in [2.05, 4.69) is 0 Å². The van der Waals surface area contributed by atoms with Crippen LogP contribution in [0.5, 0.6) is 0 Å². The van der Waals surface area contributed by atoms with Gasteiger partial charge >= 0.3 is 5.97 Å². The standard InChI is InChI=1S/C17H21N3O5S/c18-5-10-25-17(21)15-13-14(3-4-16(15)19-6-1-2-7-19)26(22,23)20-8-11-24-12-9-20/h3-4,13H,1-2,6-12H2. The lowest BCUT2D eigenvalue weighted by Crippen LogP contribution is -2.40. The van der Waals surface area contributed by atoms with Crippen LogP contribution in [-0.4, -0.2) is 64.7 Å². The van der Waals surface area contributed by atoms with Crippen molar-refractivity contribution in [2.24, 2.45) is 0 Å². The van der Waals surface area contributed by atoms with Gasteiger partial charge in [-0.1, -0.05) is 0 Å². The zero-order chi connectivity index (χ0) is 18.6. The van der Waals surface area contributed by atoms with Crippen molar-refractivity contribution in [3.63, 3.8) is 0 Å². The van der Waals surface area contributed by atoms with Crippen LogP contribution in [0, 0.1) is 11.3 Å². The highest BCUT2D eigenvalue weighted by Crippen LogP contribution is 2.29. The lowest BCUT2D eigenvalue weighted by atomic mass is 10.1. The number of nitriles is 1. The molecule has 0 spiro atoms. The third kappa shape index (κ3) is 3.82. The second-order valence-corrected chi connectivity index (χ2v) is 8.06. The zero-order valence-electron chi connectivity index (χ0n) is 14.4. The number of sulfonamides is 1. The molecule has 140 valence electrons. The normalized spacial score (nSPS) is 18.5. The third-order valence-electron chi connectivity index (χ3n) is 4.51. The van der Waals surface area contributed by atoms with Gasteiger partial charge in [-0.3, -0.25) is 0 Å². The first kappa shape index (κ1) is 18.6. The highest BCUT2D eigenvalue weighted by atomic mass is 32.2. The molecule has 1 aromatic rings. The second-order valence-electron chi connectivity index (χ2n) is 6.12. The molecular formula is C17H21N3O5S. The molecule has 0 atom stereocenters. The molecule has 2 saturated heterocycles. The number of carbonyl (C=O) groups excluding carboxylic acids is 1. The van der Waals surface area contributed by atoms with Crippen LogP contribution in [0.3, 0.4) is 0 Å². The monoisotopic (exact) mass is 379 g/mol. The van der Waals surface area contributed by atoms with Gasteiger partial charge in [0.15, 0.2) is 6.61 Å². The van der Waals surface area contributed by atoms with E-state index in [1.165, 1.54) is 16.4 Å². The molecule has 0 N–H and O–H groups in total. The minimum Gasteiger partial charge on any atom is -0.447 e. The number of nitrogens with zero attached hydrogens (tertiary/aromatic N) is 3. The van der Waals surface area contributed by atoms with Gasteiger partial charge < -0.3 is 14.4 Å². The zero-order valence-corrected chi connectivity index (χ0v) is 15.2. The molecule has 26 heavy (non-hydrogen) atoms. The van der Waals surface area contributed by atoms with Gasteiger partial charge in [0.2, 0.25) is 10.0 Å². The van der Waals surface area contributed by atoms with Crippen molar-refractivity contribution in [1.82, 2.24) is 4.31 Å². The number of esters is 1. The van der Waals surface area contributed by atoms with E-state index in [-0.39, 0.29) is 30.2 Å². The Kier molecular flexibility index (Phi) is 5.76. The van der Waals surface area contributed by atoms with Gasteiger partial charge in [-0.25, -0.2) is 13.2 Å². The van der Waals surface area contributed by atoms with E-state index in [0.29, 0.717) is 18.9 Å². The van der Waals surface area contributed by atoms with Gasteiger partial charge in [0.05, 0.1) is 29.4 Å². The van der Waals surface area contributed by atoms with Crippen LogP contribution in [0.1, 0.15) is 23.2 Å². The maximum Gasteiger partial charge on any atom is 0.341 e. The highest BCUT2D eigenvalue weighted by molar-refractivity contribution is 7.89. The van der Waals surface area contributed by atoms with Crippen molar-refractivity contribution >= 4 is 21.7 Å². The fourth-order valence-electron chi connectivity index (χ4n) is 3.18. The Morgan fingerprint density at radius 1 is 1.19 bits per heavy atom. The minimum atomic E-state index is -3.72. The van der Waals surface area contributed by atoms with Gasteiger partial charge in [0, 0.05) is 26.2 Å². The molecule has 0 amide bonds. The number of rotatable bonds is 5. The first-order valence-corrected chi connectivity index (χ1v) is 9.99. The van der Waals surface area contributed by atoms with Crippen molar-refractivity contribution in [2.75, 3.05) is 50.9 Å². The molecule has 0 bridgehead atoms. The number of hydrogen-bond acceptors (Lipinski definition) is 7. The van der Waals surface area contributed by atoms with Gasteiger partial charge in [-0.05, 0) is 31.0 Å². The lowest BCUT2D eigenvalue weighted by molar-refractivity contribution is 0.0555.